The summed E-state index contributed by atoms with van der Waals surface area (Å²) in [5.41, 5.74) is 2.36. The number of hydrogen-bond donors (Lipinski definition) is 1. The lowest BCUT2D eigenvalue weighted by Gasteiger charge is -2.08. The molecule has 2 heterocycles. The number of hydrogen-bond acceptors (Lipinski definition) is 2. The van der Waals surface area contributed by atoms with Crippen LogP contribution in [0.15, 0.2) is 42.6 Å². The Labute approximate surface area is 116 Å². The minimum absolute atomic E-state index is 0.327. The molecule has 5 nitrogen and oxygen atoms in total. The van der Waals surface area contributed by atoms with Gasteiger partial charge in [-0.05, 0) is 18.2 Å². The second-order valence-corrected chi connectivity index (χ2v) is 4.74. The van der Waals surface area contributed by atoms with Crippen molar-refractivity contribution >= 4 is 16.9 Å². The fourth-order valence-corrected chi connectivity index (χ4v) is 2.50. The molecule has 0 saturated carbocycles. The van der Waals surface area contributed by atoms with Crippen LogP contribution in [0.25, 0.3) is 10.9 Å². The first-order valence-corrected chi connectivity index (χ1v) is 6.45. The van der Waals surface area contributed by atoms with Gasteiger partial charge >= 0.3 is 5.97 Å². The molecule has 0 amide bonds. The Kier molecular flexibility index (Phi) is 3.02. The molecule has 1 aromatic carbocycles. The Hall–Kier alpha value is -2.56. The van der Waals surface area contributed by atoms with Crippen LogP contribution in [0.4, 0.5) is 0 Å². The quantitative estimate of drug-likeness (QED) is 0.790. The van der Waals surface area contributed by atoms with E-state index >= 15 is 0 Å². The summed E-state index contributed by atoms with van der Waals surface area (Å²) in [6, 6.07) is 11.4. The summed E-state index contributed by atoms with van der Waals surface area (Å²) in [4.78, 5) is 11.4. The minimum Gasteiger partial charge on any atom is -0.477 e. The SMILES string of the molecule is Cn1nccc1CCn1c(C(=O)O)cc2ccccc21. The molecule has 0 aliphatic rings. The Morgan fingerprint density at radius 3 is 2.80 bits per heavy atom. The average molecular weight is 269 g/mol. The zero-order chi connectivity index (χ0) is 14.1. The first-order valence-electron chi connectivity index (χ1n) is 6.45. The maximum atomic E-state index is 11.4. The van der Waals surface area contributed by atoms with Crippen molar-refractivity contribution in [2.24, 2.45) is 7.05 Å². The van der Waals surface area contributed by atoms with Crippen molar-refractivity contribution in [3.05, 3.63) is 54.0 Å². The van der Waals surface area contributed by atoms with Crippen molar-refractivity contribution < 1.29 is 9.90 Å². The number of benzene rings is 1. The lowest BCUT2D eigenvalue weighted by molar-refractivity contribution is 0.0685. The smallest absolute Gasteiger partial charge is 0.352 e. The average Bonchev–Trinajstić information content (AvgIpc) is 3.00. The highest BCUT2D eigenvalue weighted by Crippen LogP contribution is 2.20. The third-order valence-electron chi connectivity index (χ3n) is 3.54. The van der Waals surface area contributed by atoms with Crippen LogP contribution in [0, 0.1) is 0 Å². The molecule has 0 aliphatic carbocycles. The molecule has 0 unspecified atom stereocenters. The van der Waals surface area contributed by atoms with Gasteiger partial charge in [-0.3, -0.25) is 4.68 Å². The van der Waals surface area contributed by atoms with Crippen LogP contribution in [0.3, 0.4) is 0 Å². The Morgan fingerprint density at radius 2 is 2.10 bits per heavy atom. The Morgan fingerprint density at radius 1 is 1.30 bits per heavy atom. The summed E-state index contributed by atoms with van der Waals surface area (Å²) in [5, 5.41) is 14.4. The highest BCUT2D eigenvalue weighted by molar-refractivity contribution is 5.94. The van der Waals surface area contributed by atoms with Gasteiger partial charge in [-0.15, -0.1) is 0 Å². The molecule has 0 bridgehead atoms. The monoisotopic (exact) mass is 269 g/mol. The predicted octanol–water partition coefficient (Wildman–Crippen LogP) is 2.32. The zero-order valence-electron chi connectivity index (χ0n) is 11.2. The second-order valence-electron chi connectivity index (χ2n) is 4.74. The minimum atomic E-state index is -0.897. The summed E-state index contributed by atoms with van der Waals surface area (Å²) < 4.78 is 3.66. The van der Waals surface area contributed by atoms with Crippen LogP contribution in [0.5, 0.6) is 0 Å². The van der Waals surface area contributed by atoms with Crippen molar-refractivity contribution in [3.63, 3.8) is 0 Å². The van der Waals surface area contributed by atoms with Crippen LogP contribution >= 0.6 is 0 Å². The highest BCUT2D eigenvalue weighted by atomic mass is 16.4. The molecule has 2 aromatic heterocycles. The molecule has 0 fully saturated rings. The highest BCUT2D eigenvalue weighted by Gasteiger charge is 2.14. The number of aryl methyl sites for hydroxylation is 3. The van der Waals surface area contributed by atoms with Crippen LogP contribution in [0.1, 0.15) is 16.2 Å². The standard InChI is InChI=1S/C15H15N3O2/c1-17-12(6-8-16-17)7-9-18-13-5-3-2-4-11(13)10-14(18)15(19)20/h2-6,8,10H,7,9H2,1H3,(H,19,20). The van der Waals surface area contributed by atoms with Gasteiger partial charge in [-0.2, -0.15) is 5.10 Å². The van der Waals surface area contributed by atoms with Gasteiger partial charge in [0.05, 0.1) is 0 Å². The van der Waals surface area contributed by atoms with Crippen LogP contribution in [-0.2, 0) is 20.0 Å². The molecule has 0 atom stereocenters. The first-order chi connectivity index (χ1) is 9.66. The number of carbonyl (C=O) groups is 1. The van der Waals surface area contributed by atoms with Crippen molar-refractivity contribution in [3.8, 4) is 0 Å². The summed E-state index contributed by atoms with van der Waals surface area (Å²) in [6.07, 6.45) is 2.50. The fourth-order valence-electron chi connectivity index (χ4n) is 2.50. The number of carboxylic acids is 1. The molecular weight excluding hydrogens is 254 g/mol. The van der Waals surface area contributed by atoms with Gasteiger partial charge in [-0.1, -0.05) is 18.2 Å². The maximum absolute atomic E-state index is 11.4. The van der Waals surface area contributed by atoms with Crippen molar-refractivity contribution in [2.45, 2.75) is 13.0 Å². The number of fused-ring (bicyclic) bond motifs is 1. The molecule has 0 radical (unpaired) electrons. The molecule has 20 heavy (non-hydrogen) atoms. The second kappa shape index (κ2) is 4.85. The molecule has 0 aliphatic heterocycles. The van der Waals surface area contributed by atoms with E-state index in [4.69, 9.17) is 0 Å². The van der Waals surface area contributed by atoms with Crippen molar-refractivity contribution in [2.75, 3.05) is 0 Å². The number of carboxylic acid groups (broad SMARTS) is 1. The van der Waals surface area contributed by atoms with Gasteiger partial charge in [0.15, 0.2) is 0 Å². The number of aromatic nitrogens is 3. The van der Waals surface area contributed by atoms with E-state index in [0.29, 0.717) is 12.2 Å². The van der Waals surface area contributed by atoms with E-state index in [9.17, 15) is 9.90 Å². The first kappa shape index (κ1) is 12.5. The van der Waals surface area contributed by atoms with E-state index in [1.165, 1.54) is 0 Å². The summed E-state index contributed by atoms with van der Waals surface area (Å²) in [6.45, 7) is 0.620. The zero-order valence-corrected chi connectivity index (χ0v) is 11.2. The number of para-hydroxylation sites is 1. The van der Waals surface area contributed by atoms with E-state index < -0.39 is 5.97 Å². The van der Waals surface area contributed by atoms with Crippen LogP contribution in [-0.4, -0.2) is 25.4 Å². The van der Waals surface area contributed by atoms with E-state index in [1.54, 1.807) is 12.3 Å². The predicted molar refractivity (Wildman–Crippen MR) is 75.8 cm³/mol. The van der Waals surface area contributed by atoms with Gasteiger partial charge in [0, 0.05) is 42.8 Å². The van der Waals surface area contributed by atoms with Gasteiger partial charge < -0.3 is 9.67 Å². The molecule has 5 heteroatoms. The van der Waals surface area contributed by atoms with Crippen molar-refractivity contribution in [1.29, 1.82) is 0 Å². The van der Waals surface area contributed by atoms with Gasteiger partial charge in [0.25, 0.3) is 0 Å². The van der Waals surface area contributed by atoms with Crippen LogP contribution < -0.4 is 0 Å². The van der Waals surface area contributed by atoms with E-state index in [-0.39, 0.29) is 0 Å². The third kappa shape index (κ3) is 2.07. The Bertz CT molecular complexity index is 770. The van der Waals surface area contributed by atoms with Crippen molar-refractivity contribution in [1.82, 2.24) is 14.3 Å². The molecule has 102 valence electrons. The van der Waals surface area contributed by atoms with E-state index in [2.05, 4.69) is 5.10 Å². The molecule has 0 spiro atoms. The largest absolute Gasteiger partial charge is 0.477 e. The lowest BCUT2D eigenvalue weighted by atomic mass is 10.2. The van der Waals surface area contributed by atoms with E-state index in [0.717, 1.165) is 23.0 Å². The third-order valence-corrected chi connectivity index (χ3v) is 3.54. The van der Waals surface area contributed by atoms with Crippen LogP contribution in [0.2, 0.25) is 0 Å². The summed E-state index contributed by atoms with van der Waals surface area (Å²) in [5.74, 6) is -0.897. The van der Waals surface area contributed by atoms with E-state index in [1.807, 2.05) is 46.6 Å². The molecule has 1 N–H and O–H groups in total. The molecule has 3 aromatic rings. The topological polar surface area (TPSA) is 60.0 Å². The van der Waals surface area contributed by atoms with Gasteiger partial charge in [0.2, 0.25) is 0 Å². The van der Waals surface area contributed by atoms with Gasteiger partial charge in [-0.25, -0.2) is 4.79 Å². The summed E-state index contributed by atoms with van der Waals surface area (Å²) >= 11 is 0. The Balaban J connectivity index is 1.99. The normalized spacial score (nSPS) is 11.1. The lowest BCUT2D eigenvalue weighted by Crippen LogP contribution is -2.11. The molecule has 3 rings (SSSR count). The molecular formula is C15H15N3O2. The maximum Gasteiger partial charge on any atom is 0.352 e. The molecule has 0 saturated heterocycles. The summed E-state index contributed by atoms with van der Waals surface area (Å²) in [7, 11) is 1.89. The fraction of sp³-hybridized carbons (Fsp3) is 0.200. The number of rotatable bonds is 4. The number of aromatic carboxylic acids is 1. The van der Waals surface area contributed by atoms with Gasteiger partial charge in [0.1, 0.15) is 5.69 Å². The number of nitrogens with zero attached hydrogens (tertiary/aromatic N) is 3.